The predicted molar refractivity (Wildman–Crippen MR) is 155 cm³/mol. The van der Waals surface area contributed by atoms with Crippen LogP contribution in [0.1, 0.15) is 32.5 Å². The molecule has 1 aliphatic heterocycles. The standard InChI is InChI=1S/C30H33N5O4S/c1-35(2)11-12-38-27-16-19(22-17-33-34-18-22)5-7-24(27)28-25(29(31)36)15-21-14-20(6-8-26(21)39-28)30(37)32-10-9-23-4-3-13-40-23/h3-8,13-14,16-18,25,28H,9-12,15H2,1-2H3,(H2,31,36)(H,32,37)(H,33,34). The molecule has 5 rings (SSSR count). The van der Waals surface area contributed by atoms with E-state index in [1.54, 1.807) is 35.7 Å². The third kappa shape index (κ3) is 6.35. The summed E-state index contributed by atoms with van der Waals surface area (Å²) in [7, 11) is 3.96. The summed E-state index contributed by atoms with van der Waals surface area (Å²) in [4.78, 5) is 28.8. The predicted octanol–water partition coefficient (Wildman–Crippen LogP) is 3.83. The highest BCUT2D eigenvalue weighted by molar-refractivity contribution is 7.09. The van der Waals surface area contributed by atoms with Crippen LogP contribution in [0, 0.1) is 5.92 Å². The van der Waals surface area contributed by atoms with E-state index in [1.807, 2.05) is 54.8 Å². The van der Waals surface area contributed by atoms with Gasteiger partial charge >= 0.3 is 0 Å². The Kier molecular flexibility index (Phi) is 8.47. The van der Waals surface area contributed by atoms with E-state index in [-0.39, 0.29) is 5.91 Å². The molecule has 10 heteroatoms. The quantitative estimate of drug-likeness (QED) is 0.257. The number of thiophene rings is 1. The highest BCUT2D eigenvalue weighted by Gasteiger charge is 2.37. The maximum atomic E-state index is 12.8. The summed E-state index contributed by atoms with van der Waals surface area (Å²) >= 11 is 1.67. The van der Waals surface area contributed by atoms with Gasteiger partial charge in [0.2, 0.25) is 5.91 Å². The summed E-state index contributed by atoms with van der Waals surface area (Å²) in [6, 6.07) is 15.2. The van der Waals surface area contributed by atoms with Gasteiger partial charge in [-0.2, -0.15) is 5.10 Å². The molecule has 4 N–H and O–H groups in total. The molecule has 2 amide bonds. The normalized spacial score (nSPS) is 16.3. The number of fused-ring (bicyclic) bond motifs is 1. The molecule has 3 heterocycles. The number of nitrogens with two attached hydrogens (primary N) is 1. The summed E-state index contributed by atoms with van der Waals surface area (Å²) < 4.78 is 12.6. The van der Waals surface area contributed by atoms with Crippen LogP contribution in [0.5, 0.6) is 11.5 Å². The van der Waals surface area contributed by atoms with Crippen LogP contribution in [-0.2, 0) is 17.6 Å². The SMILES string of the molecule is CN(C)CCOc1cc(-c2cn[nH]c2)ccc1C1Oc2ccc(C(=O)NCCc3cccs3)cc2CC1C(N)=O. The fourth-order valence-electron chi connectivity index (χ4n) is 4.77. The highest BCUT2D eigenvalue weighted by atomic mass is 32.1. The van der Waals surface area contributed by atoms with E-state index in [1.165, 1.54) is 4.88 Å². The Morgan fingerprint density at radius 3 is 2.80 bits per heavy atom. The number of rotatable bonds is 11. The third-order valence-corrected chi connectivity index (χ3v) is 7.87. The molecule has 0 fully saturated rings. The first kappa shape index (κ1) is 27.4. The number of nitrogens with zero attached hydrogens (tertiary/aromatic N) is 2. The van der Waals surface area contributed by atoms with E-state index in [0.717, 1.165) is 35.2 Å². The molecular formula is C30H33N5O4S. The van der Waals surface area contributed by atoms with Crippen LogP contribution >= 0.6 is 11.3 Å². The fourth-order valence-corrected chi connectivity index (χ4v) is 5.47. The number of nitrogens with one attached hydrogen (secondary N) is 2. The average Bonchev–Trinajstić information content (AvgIpc) is 3.67. The number of carbonyl (C=O) groups is 2. The van der Waals surface area contributed by atoms with Crippen molar-refractivity contribution >= 4 is 23.2 Å². The van der Waals surface area contributed by atoms with Crippen molar-refractivity contribution in [1.29, 1.82) is 0 Å². The smallest absolute Gasteiger partial charge is 0.251 e. The first-order valence-corrected chi connectivity index (χ1v) is 14.1. The maximum Gasteiger partial charge on any atom is 0.251 e. The van der Waals surface area contributed by atoms with Gasteiger partial charge in [0, 0.05) is 40.9 Å². The zero-order valence-corrected chi connectivity index (χ0v) is 23.4. The largest absolute Gasteiger partial charge is 0.492 e. The Morgan fingerprint density at radius 2 is 2.08 bits per heavy atom. The van der Waals surface area contributed by atoms with Gasteiger partial charge in [-0.3, -0.25) is 14.7 Å². The minimum atomic E-state index is -0.638. The number of aromatic nitrogens is 2. The molecule has 2 atom stereocenters. The number of ether oxygens (including phenoxy) is 2. The van der Waals surface area contributed by atoms with Crippen molar-refractivity contribution in [3.05, 3.63) is 87.9 Å². The van der Waals surface area contributed by atoms with Crippen LogP contribution in [0.2, 0.25) is 0 Å². The Labute approximate surface area is 237 Å². The third-order valence-electron chi connectivity index (χ3n) is 6.93. The van der Waals surface area contributed by atoms with Crippen molar-refractivity contribution < 1.29 is 19.1 Å². The number of primary amides is 1. The first-order chi connectivity index (χ1) is 19.4. The second-order valence-electron chi connectivity index (χ2n) is 10.1. The summed E-state index contributed by atoms with van der Waals surface area (Å²) in [6.07, 6.45) is 4.05. The van der Waals surface area contributed by atoms with Crippen molar-refractivity contribution in [2.75, 3.05) is 33.8 Å². The van der Waals surface area contributed by atoms with Gasteiger partial charge in [0.15, 0.2) is 0 Å². The zero-order valence-electron chi connectivity index (χ0n) is 22.6. The van der Waals surface area contributed by atoms with Gasteiger partial charge in [-0.15, -0.1) is 11.3 Å². The lowest BCUT2D eigenvalue weighted by molar-refractivity contribution is -0.125. The molecule has 208 valence electrons. The van der Waals surface area contributed by atoms with Gasteiger partial charge in [0.1, 0.15) is 24.2 Å². The van der Waals surface area contributed by atoms with E-state index in [9.17, 15) is 9.59 Å². The zero-order chi connectivity index (χ0) is 28.1. The lowest BCUT2D eigenvalue weighted by Gasteiger charge is -2.33. The van der Waals surface area contributed by atoms with Gasteiger partial charge in [0.05, 0.1) is 12.1 Å². The number of hydrogen-bond acceptors (Lipinski definition) is 7. The molecule has 0 bridgehead atoms. The number of hydrogen-bond donors (Lipinski definition) is 3. The first-order valence-electron chi connectivity index (χ1n) is 13.2. The second kappa shape index (κ2) is 12.4. The van der Waals surface area contributed by atoms with Crippen molar-refractivity contribution in [2.24, 2.45) is 11.7 Å². The lowest BCUT2D eigenvalue weighted by atomic mass is 9.85. The molecule has 40 heavy (non-hydrogen) atoms. The molecule has 0 aliphatic carbocycles. The monoisotopic (exact) mass is 559 g/mol. The number of likely N-dealkylation sites (N-methyl/N-ethyl adjacent to an activating group) is 1. The molecule has 0 saturated carbocycles. The average molecular weight is 560 g/mol. The van der Waals surface area contributed by atoms with E-state index in [0.29, 0.717) is 36.6 Å². The molecule has 0 saturated heterocycles. The van der Waals surface area contributed by atoms with Crippen molar-refractivity contribution in [3.63, 3.8) is 0 Å². The molecule has 1 aliphatic rings. The lowest BCUT2D eigenvalue weighted by Crippen LogP contribution is -2.36. The fraction of sp³-hybridized carbons (Fsp3) is 0.300. The number of benzene rings is 2. The highest BCUT2D eigenvalue weighted by Crippen LogP contribution is 2.43. The number of H-pyrrole nitrogens is 1. The van der Waals surface area contributed by atoms with Crippen LogP contribution in [0.25, 0.3) is 11.1 Å². The maximum absolute atomic E-state index is 12.8. The molecule has 0 radical (unpaired) electrons. The van der Waals surface area contributed by atoms with Gasteiger partial charge in [-0.25, -0.2) is 0 Å². The van der Waals surface area contributed by atoms with Crippen LogP contribution < -0.4 is 20.5 Å². The number of amides is 2. The van der Waals surface area contributed by atoms with E-state index >= 15 is 0 Å². The molecule has 2 unspecified atom stereocenters. The molecule has 9 nitrogen and oxygen atoms in total. The van der Waals surface area contributed by atoms with Gasteiger partial charge in [-0.1, -0.05) is 18.2 Å². The number of aromatic amines is 1. The summed E-state index contributed by atoms with van der Waals surface area (Å²) in [6.45, 7) is 1.73. The van der Waals surface area contributed by atoms with Crippen LogP contribution in [0.4, 0.5) is 0 Å². The molecule has 0 spiro atoms. The Hall–Kier alpha value is -4.15. The van der Waals surface area contributed by atoms with Crippen LogP contribution in [0.3, 0.4) is 0 Å². The van der Waals surface area contributed by atoms with Gasteiger partial charge < -0.3 is 25.4 Å². The van der Waals surface area contributed by atoms with Crippen molar-refractivity contribution in [3.8, 4) is 22.6 Å². The van der Waals surface area contributed by atoms with Crippen molar-refractivity contribution in [2.45, 2.75) is 18.9 Å². The minimum absolute atomic E-state index is 0.163. The summed E-state index contributed by atoms with van der Waals surface area (Å²) in [5.41, 5.74) is 9.80. The molecule has 2 aromatic carbocycles. The summed E-state index contributed by atoms with van der Waals surface area (Å²) in [5.74, 6) is -0.0264. The van der Waals surface area contributed by atoms with E-state index in [2.05, 4.69) is 21.6 Å². The molecular weight excluding hydrogens is 526 g/mol. The van der Waals surface area contributed by atoms with E-state index < -0.39 is 17.9 Å². The Balaban J connectivity index is 1.38. The van der Waals surface area contributed by atoms with Crippen molar-refractivity contribution in [1.82, 2.24) is 20.4 Å². The minimum Gasteiger partial charge on any atom is -0.492 e. The topological polar surface area (TPSA) is 123 Å². The van der Waals surface area contributed by atoms with Crippen LogP contribution in [-0.4, -0.2) is 60.7 Å². The second-order valence-corrected chi connectivity index (χ2v) is 11.1. The Bertz CT molecular complexity index is 1450. The molecule has 4 aromatic rings. The summed E-state index contributed by atoms with van der Waals surface area (Å²) in [5, 5.41) is 11.9. The van der Waals surface area contributed by atoms with Gasteiger partial charge in [0.25, 0.3) is 5.91 Å². The number of carbonyl (C=O) groups excluding carboxylic acids is 2. The van der Waals surface area contributed by atoms with Gasteiger partial charge in [-0.05, 0) is 73.8 Å². The molecule has 2 aromatic heterocycles. The Morgan fingerprint density at radius 1 is 1.20 bits per heavy atom. The van der Waals surface area contributed by atoms with E-state index in [4.69, 9.17) is 15.2 Å². The van der Waals surface area contributed by atoms with Crippen LogP contribution in [0.15, 0.2) is 66.3 Å².